The van der Waals surface area contributed by atoms with Gasteiger partial charge in [-0.3, -0.25) is 4.79 Å². The molecule has 1 rings (SSSR count). The van der Waals surface area contributed by atoms with Gasteiger partial charge in [0.05, 0.1) is 19.1 Å². The molecule has 1 N–H and O–H groups in total. The van der Waals surface area contributed by atoms with Crippen molar-refractivity contribution in [1.82, 2.24) is 0 Å². The van der Waals surface area contributed by atoms with Crippen LogP contribution in [0.3, 0.4) is 0 Å². The zero-order chi connectivity index (χ0) is 15.6. The minimum Gasteiger partial charge on any atom is -0.481 e. The van der Waals surface area contributed by atoms with Crippen LogP contribution in [0.5, 0.6) is 0 Å². The van der Waals surface area contributed by atoms with Gasteiger partial charge in [0.2, 0.25) is 0 Å². The lowest BCUT2D eigenvalue weighted by Crippen LogP contribution is -2.44. The van der Waals surface area contributed by atoms with E-state index in [2.05, 4.69) is 39.8 Å². The highest BCUT2D eigenvalue weighted by Gasteiger charge is 2.41. The highest BCUT2D eigenvalue weighted by Crippen LogP contribution is 2.38. The van der Waals surface area contributed by atoms with Gasteiger partial charge in [-0.1, -0.05) is 26.7 Å². The number of carboxylic acid groups (broad SMARTS) is 1. The summed E-state index contributed by atoms with van der Waals surface area (Å²) in [6.07, 6.45) is 5.93. The topological polar surface area (TPSA) is 59.1 Å². The summed E-state index contributed by atoms with van der Waals surface area (Å²) in [5.74, 6) is 1.81. The Hall–Kier alpha value is -0.833. The summed E-state index contributed by atoms with van der Waals surface area (Å²) in [6, 6.07) is 0. The van der Waals surface area contributed by atoms with Gasteiger partial charge < -0.3 is 14.3 Å². The molecule has 1 aliphatic rings. The molecule has 4 nitrogen and oxygen atoms in total. The monoisotopic (exact) mass is 298 g/mol. The van der Waals surface area contributed by atoms with Crippen LogP contribution >= 0.6 is 0 Å². The van der Waals surface area contributed by atoms with Gasteiger partial charge >= 0.3 is 5.97 Å². The van der Waals surface area contributed by atoms with Gasteiger partial charge in [0.15, 0.2) is 8.32 Å². The van der Waals surface area contributed by atoms with Crippen molar-refractivity contribution >= 4 is 14.3 Å². The van der Waals surface area contributed by atoms with Crippen molar-refractivity contribution in [2.75, 3.05) is 6.61 Å². The molecule has 0 aromatic heterocycles. The van der Waals surface area contributed by atoms with E-state index in [0.717, 1.165) is 0 Å². The number of ether oxygens (including phenoxy) is 1. The first-order chi connectivity index (χ1) is 9.06. The third-order valence-electron chi connectivity index (χ3n) is 4.27. The highest BCUT2D eigenvalue weighted by atomic mass is 28.4. The van der Waals surface area contributed by atoms with Crippen LogP contribution < -0.4 is 0 Å². The van der Waals surface area contributed by atoms with Crippen molar-refractivity contribution in [3.63, 3.8) is 0 Å². The molecule has 114 valence electrons. The minimum atomic E-state index is -1.94. The summed E-state index contributed by atoms with van der Waals surface area (Å²) >= 11 is 0. The fourth-order valence-corrected chi connectivity index (χ4v) is 3.11. The quantitative estimate of drug-likeness (QED) is 0.446. The van der Waals surface area contributed by atoms with Crippen LogP contribution in [-0.2, 0) is 14.0 Å². The Labute approximate surface area is 123 Å². The summed E-state index contributed by atoms with van der Waals surface area (Å²) in [5.41, 5.74) is 0. The second kappa shape index (κ2) is 6.29. The number of hydrogen-bond acceptors (Lipinski definition) is 3. The molecule has 0 spiro atoms. The van der Waals surface area contributed by atoms with E-state index in [1.54, 1.807) is 0 Å². The standard InChI is InChI=1S/C15H26O4Si/c1-7-12(19-20(5,6)15(2,3)4)8-11(9-14(16)17)13-10-18-13/h1,11-13H,8-10H2,2-6H3,(H,16,17)/t11-,12-,13?/m0/s1. The van der Waals surface area contributed by atoms with Crippen molar-refractivity contribution < 1.29 is 19.1 Å². The van der Waals surface area contributed by atoms with Crippen LogP contribution in [-0.4, -0.2) is 38.2 Å². The van der Waals surface area contributed by atoms with Crippen LogP contribution in [0.1, 0.15) is 33.6 Å². The SMILES string of the molecule is C#C[C@@H](C[C@@H](CC(=O)O)C1CO1)O[Si](C)(C)C(C)(C)C. The van der Waals surface area contributed by atoms with Crippen molar-refractivity contribution in [3.8, 4) is 12.3 Å². The third kappa shape index (κ3) is 4.93. The molecular weight excluding hydrogens is 272 g/mol. The maximum absolute atomic E-state index is 10.9. The molecule has 0 saturated carbocycles. The minimum absolute atomic E-state index is 0.0324. The van der Waals surface area contributed by atoms with Gasteiger partial charge in [-0.2, -0.15) is 0 Å². The van der Waals surface area contributed by atoms with E-state index in [1.807, 2.05) is 0 Å². The van der Waals surface area contributed by atoms with Crippen molar-refractivity contribution in [1.29, 1.82) is 0 Å². The van der Waals surface area contributed by atoms with Crippen LogP contribution in [0, 0.1) is 18.3 Å². The first-order valence-electron chi connectivity index (χ1n) is 7.04. The normalized spacial score (nSPS) is 21.9. The molecule has 1 heterocycles. The van der Waals surface area contributed by atoms with Gasteiger partial charge in [0.25, 0.3) is 0 Å². The van der Waals surface area contributed by atoms with Crippen LogP contribution in [0.25, 0.3) is 0 Å². The fraction of sp³-hybridized carbons (Fsp3) is 0.800. The van der Waals surface area contributed by atoms with Crippen molar-refractivity contribution in [3.05, 3.63) is 0 Å². The van der Waals surface area contributed by atoms with E-state index in [0.29, 0.717) is 13.0 Å². The molecule has 0 aromatic rings. The first-order valence-corrected chi connectivity index (χ1v) is 9.95. The predicted molar refractivity (Wildman–Crippen MR) is 81.0 cm³/mol. The molecule has 1 aliphatic heterocycles. The number of aliphatic carboxylic acids is 1. The van der Waals surface area contributed by atoms with Gasteiger partial charge in [-0.05, 0) is 24.6 Å². The smallest absolute Gasteiger partial charge is 0.303 e. The van der Waals surface area contributed by atoms with Gasteiger partial charge in [0.1, 0.15) is 6.10 Å². The molecule has 0 aromatic carbocycles. The molecule has 20 heavy (non-hydrogen) atoms. The number of carboxylic acids is 1. The summed E-state index contributed by atoms with van der Waals surface area (Å²) in [4.78, 5) is 10.9. The number of carbonyl (C=O) groups is 1. The molecule has 0 aliphatic carbocycles. The number of terminal acetylenes is 1. The second-order valence-corrected chi connectivity index (χ2v) is 11.8. The Bertz CT molecular complexity index is 388. The molecule has 5 heteroatoms. The number of rotatable bonds is 7. The Morgan fingerprint density at radius 1 is 1.55 bits per heavy atom. The van der Waals surface area contributed by atoms with Crippen molar-refractivity contribution in [2.24, 2.45) is 5.92 Å². The zero-order valence-corrected chi connectivity index (χ0v) is 14.1. The molecule has 1 fully saturated rings. The summed E-state index contributed by atoms with van der Waals surface area (Å²) in [6.45, 7) is 11.4. The zero-order valence-electron chi connectivity index (χ0n) is 13.1. The van der Waals surface area contributed by atoms with E-state index >= 15 is 0 Å². The largest absolute Gasteiger partial charge is 0.481 e. The molecule has 0 bridgehead atoms. The Morgan fingerprint density at radius 3 is 2.45 bits per heavy atom. The average molecular weight is 298 g/mol. The lowest BCUT2D eigenvalue weighted by atomic mass is 9.95. The van der Waals surface area contributed by atoms with E-state index < -0.39 is 14.3 Å². The Morgan fingerprint density at radius 2 is 2.10 bits per heavy atom. The number of hydrogen-bond donors (Lipinski definition) is 1. The van der Waals surface area contributed by atoms with E-state index in [-0.39, 0.29) is 29.6 Å². The maximum Gasteiger partial charge on any atom is 0.303 e. The van der Waals surface area contributed by atoms with Gasteiger partial charge in [-0.15, -0.1) is 6.42 Å². The summed E-state index contributed by atoms with van der Waals surface area (Å²) < 4.78 is 11.4. The Balaban J connectivity index is 2.66. The van der Waals surface area contributed by atoms with Crippen LogP contribution in [0.15, 0.2) is 0 Å². The van der Waals surface area contributed by atoms with Crippen molar-refractivity contribution in [2.45, 2.75) is 64.0 Å². The van der Waals surface area contributed by atoms with Crippen LogP contribution in [0.4, 0.5) is 0 Å². The maximum atomic E-state index is 10.9. The van der Waals surface area contributed by atoms with Gasteiger partial charge in [0, 0.05) is 5.92 Å². The third-order valence-corrected chi connectivity index (χ3v) is 8.75. The molecular formula is C15H26O4Si. The number of epoxide rings is 1. The van der Waals surface area contributed by atoms with Crippen LogP contribution in [0.2, 0.25) is 18.1 Å². The van der Waals surface area contributed by atoms with E-state index in [9.17, 15) is 4.79 Å². The molecule has 1 unspecified atom stereocenters. The second-order valence-electron chi connectivity index (χ2n) is 7.00. The summed E-state index contributed by atoms with van der Waals surface area (Å²) in [7, 11) is -1.94. The molecule has 0 amide bonds. The average Bonchev–Trinajstić information content (AvgIpc) is 3.08. The predicted octanol–water partition coefficient (Wildman–Crippen LogP) is 2.89. The fourth-order valence-electron chi connectivity index (χ4n) is 1.88. The lowest BCUT2D eigenvalue weighted by Gasteiger charge is -2.38. The van der Waals surface area contributed by atoms with E-state index in [4.69, 9.17) is 20.7 Å². The molecule has 3 atom stereocenters. The first kappa shape index (κ1) is 17.2. The lowest BCUT2D eigenvalue weighted by molar-refractivity contribution is -0.138. The Kier molecular flexibility index (Phi) is 5.42. The molecule has 1 saturated heterocycles. The highest BCUT2D eigenvalue weighted by molar-refractivity contribution is 6.74. The molecule has 0 radical (unpaired) electrons. The van der Waals surface area contributed by atoms with Gasteiger partial charge in [-0.25, -0.2) is 0 Å². The summed E-state index contributed by atoms with van der Waals surface area (Å²) in [5, 5.41) is 9.05. The van der Waals surface area contributed by atoms with E-state index in [1.165, 1.54) is 0 Å².